The van der Waals surface area contributed by atoms with Crippen LogP contribution in [0.15, 0.2) is 29.2 Å². The van der Waals surface area contributed by atoms with Gasteiger partial charge in [-0.3, -0.25) is 4.79 Å². The number of amides is 1. The Morgan fingerprint density at radius 1 is 1.17 bits per heavy atom. The summed E-state index contributed by atoms with van der Waals surface area (Å²) < 4.78 is 26.0. The van der Waals surface area contributed by atoms with E-state index in [0.29, 0.717) is 0 Å². The summed E-state index contributed by atoms with van der Waals surface area (Å²) in [6.07, 6.45) is 0.115. The van der Waals surface area contributed by atoms with Crippen molar-refractivity contribution in [2.45, 2.75) is 11.3 Å². The van der Waals surface area contributed by atoms with Crippen LogP contribution in [-0.2, 0) is 14.8 Å². The molecule has 1 rings (SSSR count). The number of anilines is 1. The molecule has 0 radical (unpaired) electrons. The molecule has 0 saturated heterocycles. The highest BCUT2D eigenvalue weighted by Gasteiger charge is 2.13. The number of hydrogen-bond donors (Lipinski definition) is 3. The highest BCUT2D eigenvalue weighted by molar-refractivity contribution is 7.89. The molecule has 18 heavy (non-hydrogen) atoms. The Labute approximate surface area is 107 Å². The fourth-order valence-electron chi connectivity index (χ4n) is 1.31. The molecule has 7 heteroatoms. The molecule has 1 aromatic rings. The summed E-state index contributed by atoms with van der Waals surface area (Å²) in [6.45, 7) is 0.0792. The van der Waals surface area contributed by atoms with Crippen molar-refractivity contribution in [1.82, 2.24) is 10.0 Å². The fraction of sp³-hybridized carbons (Fsp3) is 0.364. The Bertz CT molecular complexity index is 497. The van der Waals surface area contributed by atoms with E-state index in [0.717, 1.165) is 5.69 Å². The molecule has 0 spiro atoms. The first kappa shape index (κ1) is 14.5. The minimum absolute atomic E-state index is 0.0792. The molecule has 1 amide bonds. The molecule has 0 bridgehead atoms. The van der Waals surface area contributed by atoms with Crippen molar-refractivity contribution in [2.24, 2.45) is 0 Å². The van der Waals surface area contributed by atoms with E-state index in [1.807, 2.05) is 0 Å². The van der Waals surface area contributed by atoms with Crippen LogP contribution in [0.3, 0.4) is 0 Å². The largest absolute Gasteiger partial charge is 0.388 e. The van der Waals surface area contributed by atoms with Crippen molar-refractivity contribution in [3.8, 4) is 0 Å². The first-order valence-corrected chi connectivity index (χ1v) is 6.96. The van der Waals surface area contributed by atoms with Crippen LogP contribution in [0.25, 0.3) is 0 Å². The second-order valence-electron chi connectivity index (χ2n) is 3.60. The number of benzene rings is 1. The van der Waals surface area contributed by atoms with Gasteiger partial charge in [0, 0.05) is 32.7 Å². The zero-order valence-electron chi connectivity index (χ0n) is 10.4. The minimum atomic E-state index is -3.55. The predicted octanol–water partition coefficient (Wildman–Crippen LogP) is 0.143. The first-order chi connectivity index (χ1) is 8.49. The Hall–Kier alpha value is -1.60. The third-order valence-electron chi connectivity index (χ3n) is 2.38. The van der Waals surface area contributed by atoms with Gasteiger partial charge in [-0.05, 0) is 24.3 Å². The maximum atomic E-state index is 11.8. The van der Waals surface area contributed by atoms with Crippen molar-refractivity contribution >= 4 is 21.6 Å². The molecule has 0 saturated carbocycles. The third kappa shape index (κ3) is 4.01. The van der Waals surface area contributed by atoms with E-state index < -0.39 is 10.0 Å². The van der Waals surface area contributed by atoms with Crippen molar-refractivity contribution < 1.29 is 13.2 Å². The molecule has 0 unspecified atom stereocenters. The van der Waals surface area contributed by atoms with E-state index in [4.69, 9.17) is 0 Å². The lowest BCUT2D eigenvalue weighted by Crippen LogP contribution is -2.29. The first-order valence-electron chi connectivity index (χ1n) is 5.47. The monoisotopic (exact) mass is 271 g/mol. The summed E-state index contributed by atoms with van der Waals surface area (Å²) in [4.78, 5) is 11.1. The van der Waals surface area contributed by atoms with Gasteiger partial charge in [0.25, 0.3) is 0 Å². The molecule has 100 valence electrons. The number of carbonyl (C=O) groups is 1. The lowest BCUT2D eigenvalue weighted by Gasteiger charge is -2.07. The Morgan fingerprint density at radius 2 is 1.78 bits per heavy atom. The molecular weight excluding hydrogens is 254 g/mol. The molecule has 0 aliphatic rings. The summed E-state index contributed by atoms with van der Waals surface area (Å²) in [5.74, 6) is -0.205. The van der Waals surface area contributed by atoms with Crippen LogP contribution in [0.2, 0.25) is 0 Å². The summed E-state index contributed by atoms with van der Waals surface area (Å²) in [6, 6.07) is 6.36. The topological polar surface area (TPSA) is 87.3 Å². The number of sulfonamides is 1. The van der Waals surface area contributed by atoms with Gasteiger partial charge in [-0.25, -0.2) is 13.1 Å². The van der Waals surface area contributed by atoms with Gasteiger partial charge in [0.05, 0.1) is 4.90 Å². The summed E-state index contributed by atoms with van der Waals surface area (Å²) in [5.41, 5.74) is 0.833. The Kier molecular flexibility index (Phi) is 5.11. The molecule has 6 nitrogen and oxygen atoms in total. The zero-order valence-corrected chi connectivity index (χ0v) is 11.2. The van der Waals surface area contributed by atoms with Crippen LogP contribution in [0, 0.1) is 0 Å². The molecule has 3 N–H and O–H groups in total. The van der Waals surface area contributed by atoms with E-state index in [2.05, 4.69) is 15.4 Å². The second kappa shape index (κ2) is 6.36. The van der Waals surface area contributed by atoms with Gasteiger partial charge in [0.1, 0.15) is 0 Å². The van der Waals surface area contributed by atoms with Crippen molar-refractivity contribution in [3.63, 3.8) is 0 Å². The van der Waals surface area contributed by atoms with Gasteiger partial charge in [0.15, 0.2) is 0 Å². The standard InChI is InChI=1S/C11H17N3O3S/c1-12-9-3-5-10(6-4-9)18(16,17)14-8-7-11(15)13-2/h3-6,12,14H,7-8H2,1-2H3,(H,13,15). The summed E-state index contributed by atoms with van der Waals surface area (Å²) >= 11 is 0. The lowest BCUT2D eigenvalue weighted by atomic mass is 10.3. The van der Waals surface area contributed by atoms with Crippen LogP contribution in [0.1, 0.15) is 6.42 Å². The highest BCUT2D eigenvalue weighted by Crippen LogP contribution is 2.13. The lowest BCUT2D eigenvalue weighted by molar-refractivity contribution is -0.120. The van der Waals surface area contributed by atoms with Crippen LogP contribution in [-0.4, -0.2) is 35.0 Å². The maximum Gasteiger partial charge on any atom is 0.240 e. The number of hydrogen-bond acceptors (Lipinski definition) is 4. The number of nitrogens with one attached hydrogen (secondary N) is 3. The second-order valence-corrected chi connectivity index (χ2v) is 5.36. The molecule has 1 aromatic carbocycles. The third-order valence-corrected chi connectivity index (χ3v) is 3.85. The molecule has 0 fully saturated rings. The van der Waals surface area contributed by atoms with Gasteiger partial charge < -0.3 is 10.6 Å². The number of rotatable bonds is 6. The highest BCUT2D eigenvalue weighted by atomic mass is 32.2. The van der Waals surface area contributed by atoms with Gasteiger partial charge in [0.2, 0.25) is 15.9 Å². The number of carbonyl (C=O) groups excluding carboxylic acids is 1. The normalized spacial score (nSPS) is 11.0. The molecule has 0 aliphatic carbocycles. The quantitative estimate of drug-likeness (QED) is 0.687. The van der Waals surface area contributed by atoms with Crippen LogP contribution >= 0.6 is 0 Å². The maximum absolute atomic E-state index is 11.8. The zero-order chi connectivity index (χ0) is 13.6. The van der Waals surface area contributed by atoms with Gasteiger partial charge >= 0.3 is 0 Å². The van der Waals surface area contributed by atoms with Gasteiger partial charge in [-0.1, -0.05) is 0 Å². The van der Waals surface area contributed by atoms with Crippen molar-refractivity contribution in [3.05, 3.63) is 24.3 Å². The Balaban J connectivity index is 2.65. The van der Waals surface area contributed by atoms with Crippen LogP contribution < -0.4 is 15.4 Å². The van der Waals surface area contributed by atoms with Crippen LogP contribution in [0.4, 0.5) is 5.69 Å². The molecule has 0 aromatic heterocycles. The summed E-state index contributed by atoms with van der Waals surface area (Å²) in [7, 11) is -0.285. The average molecular weight is 271 g/mol. The fourth-order valence-corrected chi connectivity index (χ4v) is 2.34. The van der Waals surface area contributed by atoms with Crippen molar-refractivity contribution in [2.75, 3.05) is 26.0 Å². The van der Waals surface area contributed by atoms with Crippen molar-refractivity contribution in [1.29, 1.82) is 0 Å². The average Bonchev–Trinajstić information content (AvgIpc) is 2.38. The minimum Gasteiger partial charge on any atom is -0.388 e. The van der Waals surface area contributed by atoms with Crippen LogP contribution in [0.5, 0.6) is 0 Å². The summed E-state index contributed by atoms with van der Waals surface area (Å²) in [5, 5.41) is 5.33. The Morgan fingerprint density at radius 3 is 2.28 bits per heavy atom. The van der Waals surface area contributed by atoms with Gasteiger partial charge in [-0.15, -0.1) is 0 Å². The molecular formula is C11H17N3O3S. The van der Waals surface area contributed by atoms with E-state index >= 15 is 0 Å². The molecule has 0 atom stereocenters. The predicted molar refractivity (Wildman–Crippen MR) is 69.9 cm³/mol. The molecule has 0 aliphatic heterocycles. The molecule has 0 heterocycles. The van der Waals surface area contributed by atoms with Gasteiger partial charge in [-0.2, -0.15) is 0 Å². The van der Waals surface area contributed by atoms with E-state index in [-0.39, 0.29) is 23.8 Å². The SMILES string of the molecule is CNC(=O)CCNS(=O)(=O)c1ccc(NC)cc1. The smallest absolute Gasteiger partial charge is 0.240 e. The van der Waals surface area contributed by atoms with E-state index in [1.165, 1.54) is 19.2 Å². The van der Waals surface area contributed by atoms with E-state index in [1.54, 1.807) is 19.2 Å². The van der Waals surface area contributed by atoms with E-state index in [9.17, 15) is 13.2 Å².